The maximum Gasteiger partial charge on any atom is 0.287 e. The molecule has 0 saturated heterocycles. The SMILES string of the molecule is Cn1ncc(N2CC=C(c3ccc(O)cc3)CC2)c(Cl)c1=O. The van der Waals surface area contributed by atoms with E-state index in [1.807, 2.05) is 17.0 Å². The zero-order valence-corrected chi connectivity index (χ0v) is 12.9. The van der Waals surface area contributed by atoms with E-state index in [1.165, 1.54) is 10.3 Å². The maximum absolute atomic E-state index is 11.9. The van der Waals surface area contributed by atoms with Gasteiger partial charge in [0.05, 0.1) is 11.9 Å². The molecule has 0 amide bonds. The predicted octanol–water partition coefficient (Wildman–Crippen LogP) is 2.43. The third kappa shape index (κ3) is 2.72. The molecular weight excluding hydrogens is 302 g/mol. The van der Waals surface area contributed by atoms with Crippen molar-refractivity contribution in [1.29, 1.82) is 0 Å². The van der Waals surface area contributed by atoms with Gasteiger partial charge < -0.3 is 10.0 Å². The second kappa shape index (κ2) is 5.85. The summed E-state index contributed by atoms with van der Waals surface area (Å²) in [5.74, 6) is 0.264. The van der Waals surface area contributed by atoms with Gasteiger partial charge in [0.1, 0.15) is 10.8 Å². The molecule has 5 nitrogen and oxygen atoms in total. The van der Waals surface area contributed by atoms with E-state index in [-0.39, 0.29) is 16.3 Å². The third-order valence-corrected chi connectivity index (χ3v) is 4.20. The highest BCUT2D eigenvalue weighted by Crippen LogP contribution is 2.28. The van der Waals surface area contributed by atoms with Gasteiger partial charge in [-0.05, 0) is 29.7 Å². The molecule has 1 aromatic heterocycles. The van der Waals surface area contributed by atoms with E-state index in [0.29, 0.717) is 12.2 Å². The van der Waals surface area contributed by atoms with Gasteiger partial charge in [0.25, 0.3) is 5.56 Å². The van der Waals surface area contributed by atoms with E-state index >= 15 is 0 Å². The van der Waals surface area contributed by atoms with Crippen molar-refractivity contribution in [1.82, 2.24) is 9.78 Å². The summed E-state index contributed by atoms with van der Waals surface area (Å²) < 4.78 is 1.23. The van der Waals surface area contributed by atoms with Gasteiger partial charge in [-0.1, -0.05) is 29.8 Å². The van der Waals surface area contributed by atoms with Crippen molar-refractivity contribution < 1.29 is 5.11 Å². The van der Waals surface area contributed by atoms with Crippen LogP contribution in [0.5, 0.6) is 5.75 Å². The van der Waals surface area contributed by atoms with E-state index in [4.69, 9.17) is 11.6 Å². The van der Waals surface area contributed by atoms with Crippen LogP contribution in [0, 0.1) is 0 Å². The molecule has 22 heavy (non-hydrogen) atoms. The normalized spacial score (nSPS) is 14.8. The number of anilines is 1. The fourth-order valence-electron chi connectivity index (χ4n) is 2.55. The quantitative estimate of drug-likeness (QED) is 0.924. The van der Waals surface area contributed by atoms with Crippen molar-refractivity contribution in [2.45, 2.75) is 6.42 Å². The lowest BCUT2D eigenvalue weighted by Gasteiger charge is -2.28. The topological polar surface area (TPSA) is 58.4 Å². The maximum atomic E-state index is 11.9. The van der Waals surface area contributed by atoms with Crippen molar-refractivity contribution in [3.8, 4) is 5.75 Å². The second-order valence-electron chi connectivity index (χ2n) is 5.24. The standard InChI is InChI=1S/C16H16ClN3O2/c1-19-16(22)15(17)14(10-18-19)20-8-6-12(7-9-20)11-2-4-13(21)5-3-11/h2-6,10,21H,7-9H2,1H3. The zero-order chi connectivity index (χ0) is 15.7. The van der Waals surface area contributed by atoms with Gasteiger partial charge in [0.2, 0.25) is 0 Å². The Morgan fingerprint density at radius 1 is 1.27 bits per heavy atom. The summed E-state index contributed by atoms with van der Waals surface area (Å²) in [4.78, 5) is 13.9. The number of phenolic OH excluding ortho intramolecular Hbond substituents is 1. The third-order valence-electron chi connectivity index (χ3n) is 3.85. The summed E-state index contributed by atoms with van der Waals surface area (Å²) in [5, 5.41) is 13.6. The fourth-order valence-corrected chi connectivity index (χ4v) is 2.84. The first kappa shape index (κ1) is 14.7. The minimum atomic E-state index is -0.285. The number of halogens is 1. The van der Waals surface area contributed by atoms with Gasteiger partial charge in [-0.25, -0.2) is 4.68 Å². The number of hydrogen-bond donors (Lipinski definition) is 1. The fraction of sp³-hybridized carbons (Fsp3) is 0.250. The molecule has 0 radical (unpaired) electrons. The van der Waals surface area contributed by atoms with Crippen LogP contribution in [0.3, 0.4) is 0 Å². The minimum absolute atomic E-state index is 0.207. The zero-order valence-electron chi connectivity index (χ0n) is 12.2. The molecule has 0 bridgehead atoms. The molecule has 1 N–H and O–H groups in total. The molecule has 3 rings (SSSR count). The number of hydrogen-bond acceptors (Lipinski definition) is 4. The van der Waals surface area contributed by atoms with Crippen LogP contribution in [0.2, 0.25) is 5.02 Å². The van der Waals surface area contributed by atoms with Gasteiger partial charge in [-0.2, -0.15) is 5.10 Å². The van der Waals surface area contributed by atoms with Crippen LogP contribution in [0.25, 0.3) is 5.57 Å². The largest absolute Gasteiger partial charge is 0.508 e. The van der Waals surface area contributed by atoms with E-state index in [9.17, 15) is 9.90 Å². The number of phenols is 1. The molecule has 1 aromatic carbocycles. The lowest BCUT2D eigenvalue weighted by molar-refractivity contribution is 0.475. The monoisotopic (exact) mass is 317 g/mol. The Bertz CT molecular complexity index is 781. The molecule has 0 fully saturated rings. The van der Waals surface area contributed by atoms with Gasteiger partial charge in [0.15, 0.2) is 0 Å². The number of aromatic nitrogens is 2. The van der Waals surface area contributed by atoms with Gasteiger partial charge >= 0.3 is 0 Å². The molecule has 0 aliphatic carbocycles. The second-order valence-corrected chi connectivity index (χ2v) is 5.62. The number of aryl methyl sites for hydroxylation is 1. The Morgan fingerprint density at radius 3 is 2.64 bits per heavy atom. The Balaban J connectivity index is 1.83. The first-order valence-corrected chi connectivity index (χ1v) is 7.39. The van der Waals surface area contributed by atoms with Gasteiger partial charge in [-0.3, -0.25) is 4.79 Å². The van der Waals surface area contributed by atoms with Gasteiger partial charge in [-0.15, -0.1) is 0 Å². The van der Waals surface area contributed by atoms with Crippen LogP contribution in [0.15, 0.2) is 41.3 Å². The molecule has 114 valence electrons. The highest BCUT2D eigenvalue weighted by molar-refractivity contribution is 6.33. The molecule has 1 aliphatic heterocycles. The molecule has 6 heteroatoms. The van der Waals surface area contributed by atoms with Gasteiger partial charge in [0, 0.05) is 20.1 Å². The first-order chi connectivity index (χ1) is 10.6. The molecule has 1 aliphatic rings. The Morgan fingerprint density at radius 2 is 2.00 bits per heavy atom. The van der Waals surface area contributed by atoms with Crippen LogP contribution >= 0.6 is 11.6 Å². The molecule has 0 spiro atoms. The van der Waals surface area contributed by atoms with E-state index < -0.39 is 0 Å². The molecule has 0 atom stereocenters. The molecule has 0 saturated carbocycles. The summed E-state index contributed by atoms with van der Waals surface area (Å²) in [6, 6.07) is 7.18. The number of rotatable bonds is 2. The lowest BCUT2D eigenvalue weighted by atomic mass is 9.99. The number of nitrogens with zero attached hydrogens (tertiary/aromatic N) is 3. The van der Waals surface area contributed by atoms with Crippen LogP contribution in [-0.2, 0) is 7.05 Å². The Labute approximate surface area is 133 Å². The number of benzene rings is 1. The van der Waals surface area contributed by atoms with Crippen molar-refractivity contribution in [2.75, 3.05) is 18.0 Å². The van der Waals surface area contributed by atoms with Crippen LogP contribution < -0.4 is 10.5 Å². The van der Waals surface area contributed by atoms with Crippen molar-refractivity contribution in [2.24, 2.45) is 7.05 Å². The van der Waals surface area contributed by atoms with E-state index in [2.05, 4.69) is 11.2 Å². The highest BCUT2D eigenvalue weighted by Gasteiger charge is 2.18. The first-order valence-electron chi connectivity index (χ1n) is 7.01. The summed E-state index contributed by atoms with van der Waals surface area (Å²) in [6.07, 6.45) is 4.59. The molecule has 0 unspecified atom stereocenters. The summed E-state index contributed by atoms with van der Waals surface area (Å²) >= 11 is 6.14. The average Bonchev–Trinajstić information content (AvgIpc) is 2.54. The van der Waals surface area contributed by atoms with Crippen LogP contribution in [0.4, 0.5) is 5.69 Å². The van der Waals surface area contributed by atoms with E-state index in [1.54, 1.807) is 25.4 Å². The smallest absolute Gasteiger partial charge is 0.287 e. The molecular formula is C16H16ClN3O2. The van der Waals surface area contributed by atoms with Crippen molar-refractivity contribution >= 4 is 22.9 Å². The highest BCUT2D eigenvalue weighted by atomic mass is 35.5. The van der Waals surface area contributed by atoms with Crippen molar-refractivity contribution in [3.05, 3.63) is 57.5 Å². The van der Waals surface area contributed by atoms with E-state index in [0.717, 1.165) is 18.5 Å². The Kier molecular flexibility index (Phi) is 3.90. The van der Waals surface area contributed by atoms with Crippen LogP contribution in [-0.4, -0.2) is 28.0 Å². The van der Waals surface area contributed by atoms with Crippen molar-refractivity contribution in [3.63, 3.8) is 0 Å². The lowest BCUT2D eigenvalue weighted by Crippen LogP contribution is -2.31. The molecule has 2 heterocycles. The van der Waals surface area contributed by atoms with Crippen LogP contribution in [0.1, 0.15) is 12.0 Å². The average molecular weight is 318 g/mol. The minimum Gasteiger partial charge on any atom is -0.508 e. The number of aromatic hydroxyl groups is 1. The Hall–Kier alpha value is -2.27. The summed E-state index contributed by atoms with van der Waals surface area (Å²) in [6.45, 7) is 1.44. The molecule has 2 aromatic rings. The predicted molar refractivity (Wildman–Crippen MR) is 87.4 cm³/mol. The summed E-state index contributed by atoms with van der Waals surface area (Å²) in [5.41, 5.74) is 2.72. The summed E-state index contributed by atoms with van der Waals surface area (Å²) in [7, 11) is 1.58.